The number of halogens is 1. The van der Waals surface area contributed by atoms with E-state index in [4.69, 9.17) is 4.74 Å². The summed E-state index contributed by atoms with van der Waals surface area (Å²) in [7, 11) is 0. The fraction of sp³-hybridized carbons (Fsp3) is 0.125. The van der Waals surface area contributed by atoms with E-state index in [1.165, 1.54) is 24.3 Å². The average Bonchev–Trinajstić information content (AvgIpc) is 2.90. The fourth-order valence-corrected chi connectivity index (χ4v) is 2.89. The van der Waals surface area contributed by atoms with Gasteiger partial charge in [0.2, 0.25) is 5.91 Å². The van der Waals surface area contributed by atoms with Crippen molar-refractivity contribution >= 4 is 33.1 Å². The molecular formula is C16H13FN2O2S. The van der Waals surface area contributed by atoms with Gasteiger partial charge in [0.25, 0.3) is 0 Å². The molecule has 0 bridgehead atoms. The number of aromatic nitrogens is 1. The monoisotopic (exact) mass is 316 g/mol. The third-order valence-electron chi connectivity index (χ3n) is 2.95. The van der Waals surface area contributed by atoms with Crippen molar-refractivity contribution in [3.8, 4) is 5.75 Å². The van der Waals surface area contributed by atoms with E-state index in [0.29, 0.717) is 26.7 Å². The number of benzene rings is 2. The molecule has 2 aromatic carbocycles. The highest BCUT2D eigenvalue weighted by Crippen LogP contribution is 2.26. The lowest BCUT2D eigenvalue weighted by atomic mass is 10.3. The Hall–Kier alpha value is -2.47. The quantitative estimate of drug-likeness (QED) is 0.792. The van der Waals surface area contributed by atoms with Crippen LogP contribution in [-0.4, -0.2) is 10.9 Å². The van der Waals surface area contributed by atoms with Crippen molar-refractivity contribution < 1.29 is 13.9 Å². The van der Waals surface area contributed by atoms with Crippen LogP contribution in [-0.2, 0) is 11.4 Å². The molecule has 0 atom stereocenters. The minimum Gasteiger partial charge on any atom is -0.486 e. The number of nitrogens with zero attached hydrogens (tertiary/aromatic N) is 1. The maximum Gasteiger partial charge on any atom is 0.221 e. The van der Waals surface area contributed by atoms with Gasteiger partial charge in [0.1, 0.15) is 23.2 Å². The highest BCUT2D eigenvalue weighted by Gasteiger charge is 2.08. The number of carbonyl (C=O) groups is 1. The molecule has 0 aliphatic rings. The number of hydrogen-bond acceptors (Lipinski definition) is 4. The molecule has 6 heteroatoms. The van der Waals surface area contributed by atoms with E-state index in [1.807, 2.05) is 0 Å². The zero-order chi connectivity index (χ0) is 15.5. The van der Waals surface area contributed by atoms with Crippen molar-refractivity contribution in [1.29, 1.82) is 0 Å². The molecule has 1 amide bonds. The first-order valence-corrected chi connectivity index (χ1v) is 7.48. The van der Waals surface area contributed by atoms with Crippen molar-refractivity contribution in [1.82, 2.24) is 4.98 Å². The Labute approximate surface area is 130 Å². The first-order chi connectivity index (χ1) is 10.6. The summed E-state index contributed by atoms with van der Waals surface area (Å²) in [5.41, 5.74) is 1.35. The number of fused-ring (bicyclic) bond motifs is 1. The molecule has 112 valence electrons. The van der Waals surface area contributed by atoms with Gasteiger partial charge < -0.3 is 10.1 Å². The average molecular weight is 316 g/mol. The highest BCUT2D eigenvalue weighted by atomic mass is 32.1. The van der Waals surface area contributed by atoms with Crippen LogP contribution in [0.2, 0.25) is 0 Å². The van der Waals surface area contributed by atoms with E-state index in [9.17, 15) is 9.18 Å². The Morgan fingerprint density at radius 1 is 1.27 bits per heavy atom. The van der Waals surface area contributed by atoms with Crippen LogP contribution in [0.15, 0.2) is 42.5 Å². The van der Waals surface area contributed by atoms with Crippen molar-refractivity contribution in [2.45, 2.75) is 13.5 Å². The van der Waals surface area contributed by atoms with Gasteiger partial charge >= 0.3 is 0 Å². The van der Waals surface area contributed by atoms with Gasteiger partial charge in [0.15, 0.2) is 0 Å². The Morgan fingerprint density at radius 3 is 2.73 bits per heavy atom. The van der Waals surface area contributed by atoms with Crippen LogP contribution in [0.3, 0.4) is 0 Å². The summed E-state index contributed by atoms with van der Waals surface area (Å²) in [6.07, 6.45) is 0. The van der Waals surface area contributed by atoms with Crippen molar-refractivity contribution in [2.75, 3.05) is 5.32 Å². The second kappa shape index (κ2) is 6.11. The molecule has 1 aromatic heterocycles. The predicted octanol–water partition coefficient (Wildman–Crippen LogP) is 3.97. The lowest BCUT2D eigenvalue weighted by Gasteiger charge is -2.05. The number of ether oxygens (including phenoxy) is 1. The third kappa shape index (κ3) is 3.23. The van der Waals surface area contributed by atoms with Gasteiger partial charge in [-0.1, -0.05) is 6.07 Å². The van der Waals surface area contributed by atoms with Gasteiger partial charge in [-0.2, -0.15) is 0 Å². The molecule has 4 nitrogen and oxygen atoms in total. The number of amides is 1. The van der Waals surface area contributed by atoms with Crippen LogP contribution in [0, 0.1) is 5.82 Å². The SMILES string of the molecule is CC(=O)Nc1ccc(OCc2nc3cccc(F)c3s2)cc1. The van der Waals surface area contributed by atoms with Crippen LogP contribution in [0.25, 0.3) is 10.2 Å². The summed E-state index contributed by atoms with van der Waals surface area (Å²) in [5.74, 6) is 0.278. The van der Waals surface area contributed by atoms with Crippen LogP contribution in [0.5, 0.6) is 5.75 Å². The van der Waals surface area contributed by atoms with Gasteiger partial charge in [-0.25, -0.2) is 9.37 Å². The molecule has 0 fully saturated rings. The molecule has 3 aromatic rings. The molecule has 22 heavy (non-hydrogen) atoms. The van der Waals surface area contributed by atoms with Gasteiger partial charge in [-0.15, -0.1) is 11.3 Å². The first kappa shape index (κ1) is 14.5. The summed E-state index contributed by atoms with van der Waals surface area (Å²) in [6.45, 7) is 1.73. The van der Waals surface area contributed by atoms with Gasteiger partial charge in [-0.05, 0) is 36.4 Å². The zero-order valence-corrected chi connectivity index (χ0v) is 12.6. The molecule has 0 aliphatic carbocycles. The Morgan fingerprint density at radius 2 is 2.05 bits per heavy atom. The number of carbonyl (C=O) groups excluding carboxylic acids is 1. The summed E-state index contributed by atoms with van der Waals surface area (Å²) in [5, 5.41) is 3.40. The Kier molecular flexibility index (Phi) is 4.02. The Balaban J connectivity index is 1.68. The molecule has 0 aliphatic heterocycles. The van der Waals surface area contributed by atoms with Gasteiger partial charge in [0.05, 0.1) is 10.2 Å². The highest BCUT2D eigenvalue weighted by molar-refractivity contribution is 7.18. The minimum atomic E-state index is -0.263. The van der Waals surface area contributed by atoms with Crippen LogP contribution >= 0.6 is 11.3 Å². The minimum absolute atomic E-state index is 0.120. The lowest BCUT2D eigenvalue weighted by Crippen LogP contribution is -2.05. The van der Waals surface area contributed by atoms with E-state index in [1.54, 1.807) is 36.4 Å². The largest absolute Gasteiger partial charge is 0.486 e. The van der Waals surface area contributed by atoms with Crippen LogP contribution in [0.1, 0.15) is 11.9 Å². The molecular weight excluding hydrogens is 303 g/mol. The standard InChI is InChI=1S/C16H13FN2O2S/c1-10(20)18-11-5-7-12(8-6-11)21-9-15-19-14-4-2-3-13(17)16(14)22-15/h2-8H,9H2,1H3,(H,18,20). The number of thiazole rings is 1. The zero-order valence-electron chi connectivity index (χ0n) is 11.8. The Bertz CT molecular complexity index is 815. The molecule has 0 spiro atoms. The number of anilines is 1. The molecule has 0 radical (unpaired) electrons. The summed E-state index contributed by atoms with van der Waals surface area (Å²) in [6, 6.07) is 11.9. The molecule has 1 N–H and O–H groups in total. The van der Waals surface area contributed by atoms with E-state index >= 15 is 0 Å². The summed E-state index contributed by atoms with van der Waals surface area (Å²) in [4.78, 5) is 15.3. The third-order valence-corrected chi connectivity index (χ3v) is 4.00. The second-order valence-corrected chi connectivity index (χ2v) is 5.77. The first-order valence-electron chi connectivity index (χ1n) is 6.66. The van der Waals surface area contributed by atoms with Crippen molar-refractivity contribution in [3.05, 3.63) is 53.3 Å². The lowest BCUT2D eigenvalue weighted by molar-refractivity contribution is -0.114. The fourth-order valence-electron chi connectivity index (χ4n) is 2.01. The van der Waals surface area contributed by atoms with Crippen molar-refractivity contribution in [2.24, 2.45) is 0 Å². The van der Waals surface area contributed by atoms with Gasteiger partial charge in [-0.3, -0.25) is 4.79 Å². The number of hydrogen-bond donors (Lipinski definition) is 1. The van der Waals surface area contributed by atoms with Crippen LogP contribution < -0.4 is 10.1 Å². The second-order valence-electron chi connectivity index (χ2n) is 4.69. The molecule has 0 saturated heterocycles. The van der Waals surface area contributed by atoms with E-state index < -0.39 is 0 Å². The number of nitrogens with one attached hydrogen (secondary N) is 1. The maximum absolute atomic E-state index is 13.6. The van der Waals surface area contributed by atoms with Crippen LogP contribution in [0.4, 0.5) is 10.1 Å². The normalized spacial score (nSPS) is 10.6. The molecule has 3 rings (SSSR count). The van der Waals surface area contributed by atoms with Crippen molar-refractivity contribution in [3.63, 3.8) is 0 Å². The number of rotatable bonds is 4. The van der Waals surface area contributed by atoms with E-state index in [-0.39, 0.29) is 18.3 Å². The summed E-state index contributed by atoms with van der Waals surface area (Å²) < 4.78 is 19.8. The smallest absolute Gasteiger partial charge is 0.221 e. The van der Waals surface area contributed by atoms with Gasteiger partial charge in [0, 0.05) is 12.6 Å². The molecule has 1 heterocycles. The predicted molar refractivity (Wildman–Crippen MR) is 84.7 cm³/mol. The maximum atomic E-state index is 13.6. The van der Waals surface area contributed by atoms with E-state index in [0.717, 1.165) is 0 Å². The molecule has 0 saturated carbocycles. The summed E-state index contributed by atoms with van der Waals surface area (Å²) >= 11 is 1.29. The van der Waals surface area contributed by atoms with E-state index in [2.05, 4.69) is 10.3 Å². The topological polar surface area (TPSA) is 51.2 Å². The molecule has 0 unspecified atom stereocenters.